The van der Waals surface area contributed by atoms with Gasteiger partial charge in [-0.25, -0.2) is 4.98 Å². The molecule has 3 N–H and O–H groups in total. The predicted octanol–water partition coefficient (Wildman–Crippen LogP) is 3.84. The highest BCUT2D eigenvalue weighted by Crippen LogP contribution is 2.33. The van der Waals surface area contributed by atoms with E-state index < -0.39 is 0 Å². The Bertz CT molecular complexity index is 1390. The van der Waals surface area contributed by atoms with E-state index in [-0.39, 0.29) is 18.0 Å². The van der Waals surface area contributed by atoms with Gasteiger partial charge in [-0.2, -0.15) is 5.10 Å². The van der Waals surface area contributed by atoms with E-state index in [2.05, 4.69) is 25.8 Å². The number of rotatable bonds is 12. The Labute approximate surface area is 222 Å². The quantitative estimate of drug-likeness (QED) is 0.248. The van der Waals surface area contributed by atoms with Crippen LogP contribution in [0.4, 0.5) is 5.69 Å². The largest absolute Gasteiger partial charge is 0.496 e. The number of carbonyl (C=O) groups is 2. The van der Waals surface area contributed by atoms with Crippen LogP contribution in [0.5, 0.6) is 5.75 Å². The third kappa shape index (κ3) is 6.00. The first kappa shape index (κ1) is 26.8. The first-order chi connectivity index (χ1) is 18.4. The summed E-state index contributed by atoms with van der Waals surface area (Å²) >= 11 is 0. The van der Waals surface area contributed by atoms with Crippen molar-refractivity contribution in [3.63, 3.8) is 0 Å². The van der Waals surface area contributed by atoms with Crippen LogP contribution < -0.4 is 20.3 Å². The van der Waals surface area contributed by atoms with Crippen molar-refractivity contribution in [1.82, 2.24) is 25.8 Å². The lowest BCUT2D eigenvalue weighted by atomic mass is 9.99. The molecule has 0 fully saturated rings. The summed E-state index contributed by atoms with van der Waals surface area (Å²) in [4.78, 5) is 30.6. The third-order valence-electron chi connectivity index (χ3n) is 6.80. The fourth-order valence-electron chi connectivity index (χ4n) is 4.51. The molecule has 4 rings (SSSR count). The lowest BCUT2D eigenvalue weighted by Crippen LogP contribution is -2.44. The average molecular weight is 515 g/mol. The molecule has 0 aliphatic carbocycles. The summed E-state index contributed by atoms with van der Waals surface area (Å²) in [5, 5.41) is 14.9. The van der Waals surface area contributed by atoms with Gasteiger partial charge in [0.05, 0.1) is 19.7 Å². The second-order valence-electron chi connectivity index (χ2n) is 9.33. The van der Waals surface area contributed by atoms with Crippen molar-refractivity contribution in [2.45, 2.75) is 45.3 Å². The van der Waals surface area contributed by atoms with E-state index >= 15 is 0 Å². The van der Waals surface area contributed by atoms with Gasteiger partial charge in [-0.15, -0.1) is 0 Å². The average Bonchev–Trinajstić information content (AvgIpc) is 3.49. The molecule has 0 bridgehead atoms. The number of fused-ring (bicyclic) bond motifs is 1. The first-order valence-electron chi connectivity index (χ1n) is 12.7. The molecule has 2 atom stereocenters. The van der Waals surface area contributed by atoms with E-state index in [1.54, 1.807) is 25.4 Å². The molecule has 198 valence electrons. The zero-order valence-electron chi connectivity index (χ0n) is 22.2. The highest BCUT2D eigenvalue weighted by molar-refractivity contribution is 5.92. The number of nitrogens with one attached hydrogen (secondary N) is 3. The molecule has 0 aliphatic rings. The molecule has 0 radical (unpaired) electrons. The number of hydrogen-bond donors (Lipinski definition) is 3. The maximum Gasteiger partial charge on any atom is 0.237 e. The van der Waals surface area contributed by atoms with E-state index in [9.17, 15) is 9.59 Å². The molecule has 9 heteroatoms. The number of H-pyrrole nitrogens is 1. The number of ether oxygens (including phenoxy) is 1. The van der Waals surface area contributed by atoms with Crippen molar-refractivity contribution >= 4 is 28.8 Å². The lowest BCUT2D eigenvalue weighted by Gasteiger charge is -2.24. The number of para-hydroxylation sites is 1. The molecule has 4 aromatic rings. The SMILES string of the molecule is CN[C@@H](C)C(=O)NC(C)CCc1ccccc1N(C=O)Cc1c(OC)ccc2cc(-c3nc[nH]n3)ccc12. The number of carbonyl (C=O) groups excluding carboxylic acids is 2. The number of nitrogens with zero attached hydrogens (tertiary/aromatic N) is 3. The summed E-state index contributed by atoms with van der Waals surface area (Å²) in [7, 11) is 3.40. The number of hydrogen-bond acceptors (Lipinski definition) is 6. The number of benzene rings is 3. The highest BCUT2D eigenvalue weighted by atomic mass is 16.5. The van der Waals surface area contributed by atoms with Crippen LogP contribution in [0, 0.1) is 0 Å². The molecule has 2 amide bonds. The van der Waals surface area contributed by atoms with Crippen molar-refractivity contribution in [3.05, 3.63) is 72.1 Å². The zero-order chi connectivity index (χ0) is 27.1. The van der Waals surface area contributed by atoms with Crippen LogP contribution in [0.15, 0.2) is 60.9 Å². The minimum absolute atomic E-state index is 0.00704. The zero-order valence-corrected chi connectivity index (χ0v) is 22.2. The normalized spacial score (nSPS) is 12.6. The summed E-state index contributed by atoms with van der Waals surface area (Å²) < 4.78 is 5.69. The first-order valence-corrected chi connectivity index (χ1v) is 12.7. The summed E-state index contributed by atoms with van der Waals surface area (Å²) in [6.07, 6.45) is 3.87. The molecule has 0 aliphatic heterocycles. The number of likely N-dealkylation sites (N-methyl/N-ethyl adjacent to an activating group) is 1. The van der Waals surface area contributed by atoms with Gasteiger partial charge in [0, 0.05) is 22.9 Å². The highest BCUT2D eigenvalue weighted by Gasteiger charge is 2.18. The van der Waals surface area contributed by atoms with E-state index in [4.69, 9.17) is 4.74 Å². The van der Waals surface area contributed by atoms with Gasteiger partial charge in [0.2, 0.25) is 12.3 Å². The van der Waals surface area contributed by atoms with Crippen molar-refractivity contribution < 1.29 is 14.3 Å². The topological polar surface area (TPSA) is 112 Å². The molecule has 1 heterocycles. The summed E-state index contributed by atoms with van der Waals surface area (Å²) in [6.45, 7) is 4.16. The fraction of sp³-hybridized carbons (Fsp3) is 0.310. The fourth-order valence-corrected chi connectivity index (χ4v) is 4.51. The van der Waals surface area contributed by atoms with Gasteiger partial charge < -0.3 is 20.3 Å². The van der Waals surface area contributed by atoms with Crippen LogP contribution in [-0.2, 0) is 22.6 Å². The predicted molar refractivity (Wildman–Crippen MR) is 149 cm³/mol. The van der Waals surface area contributed by atoms with Crippen LogP contribution in [0.1, 0.15) is 31.4 Å². The Morgan fingerprint density at radius 1 is 1.16 bits per heavy atom. The number of anilines is 1. The van der Waals surface area contributed by atoms with E-state index in [0.29, 0.717) is 24.5 Å². The van der Waals surface area contributed by atoms with Gasteiger partial charge in [-0.1, -0.05) is 36.4 Å². The van der Waals surface area contributed by atoms with Crippen molar-refractivity contribution in [2.24, 2.45) is 0 Å². The lowest BCUT2D eigenvalue weighted by molar-refractivity contribution is -0.123. The smallest absolute Gasteiger partial charge is 0.237 e. The Balaban J connectivity index is 1.59. The molecule has 3 aromatic carbocycles. The van der Waals surface area contributed by atoms with Gasteiger partial charge in [0.1, 0.15) is 12.1 Å². The van der Waals surface area contributed by atoms with Gasteiger partial charge >= 0.3 is 0 Å². The summed E-state index contributed by atoms with van der Waals surface area (Å²) in [6, 6.07) is 17.6. The second-order valence-corrected chi connectivity index (χ2v) is 9.33. The summed E-state index contributed by atoms with van der Waals surface area (Å²) in [5.74, 6) is 1.30. The standard InChI is InChI=1S/C29H34N6O3/c1-19(33-29(37)20(2)30-3)9-10-21-7-5-6-8-26(21)35(18-36)16-25-24-13-11-23(28-31-17-32-34-28)15-22(24)12-14-27(25)38-4/h5-8,11-15,17-20,30H,9-10,16H2,1-4H3,(H,33,37)(H,31,32,34)/t19?,20-/m0/s1. The maximum atomic E-state index is 12.4. The van der Waals surface area contributed by atoms with Crippen LogP contribution in [0.25, 0.3) is 22.2 Å². The molecule has 1 aromatic heterocycles. The second kappa shape index (κ2) is 12.3. The number of methoxy groups -OCH3 is 1. The van der Waals surface area contributed by atoms with E-state index in [1.807, 2.05) is 68.4 Å². The number of aryl methyl sites for hydroxylation is 1. The van der Waals surface area contributed by atoms with Gasteiger partial charge in [0.25, 0.3) is 0 Å². The third-order valence-corrected chi connectivity index (χ3v) is 6.80. The summed E-state index contributed by atoms with van der Waals surface area (Å²) in [5.41, 5.74) is 3.68. The van der Waals surface area contributed by atoms with Crippen molar-refractivity contribution in [1.29, 1.82) is 0 Å². The minimum Gasteiger partial charge on any atom is -0.496 e. The monoisotopic (exact) mass is 514 g/mol. The Kier molecular flexibility index (Phi) is 8.70. The van der Waals surface area contributed by atoms with E-state index in [0.717, 1.165) is 46.0 Å². The molecule has 0 spiro atoms. The molecular formula is C29H34N6O3. The van der Waals surface area contributed by atoms with Crippen LogP contribution >= 0.6 is 0 Å². The van der Waals surface area contributed by atoms with Crippen LogP contribution in [-0.4, -0.2) is 53.7 Å². The van der Waals surface area contributed by atoms with Gasteiger partial charge in [-0.3, -0.25) is 14.7 Å². The molecule has 0 saturated heterocycles. The van der Waals surface area contributed by atoms with E-state index in [1.165, 1.54) is 0 Å². The van der Waals surface area contributed by atoms with Gasteiger partial charge in [-0.05, 0) is 68.3 Å². The number of aromatic amines is 1. The molecule has 0 saturated carbocycles. The number of aromatic nitrogens is 3. The molecule has 1 unspecified atom stereocenters. The Hall–Kier alpha value is -4.24. The van der Waals surface area contributed by atoms with Crippen molar-refractivity contribution in [2.75, 3.05) is 19.1 Å². The number of amides is 2. The Morgan fingerprint density at radius 2 is 1.97 bits per heavy atom. The molecule has 9 nitrogen and oxygen atoms in total. The maximum absolute atomic E-state index is 12.4. The minimum atomic E-state index is -0.252. The molecule has 38 heavy (non-hydrogen) atoms. The Morgan fingerprint density at radius 3 is 2.68 bits per heavy atom. The van der Waals surface area contributed by atoms with Crippen molar-refractivity contribution in [3.8, 4) is 17.1 Å². The van der Waals surface area contributed by atoms with Gasteiger partial charge in [0.15, 0.2) is 5.82 Å². The van der Waals surface area contributed by atoms with Crippen LogP contribution in [0.2, 0.25) is 0 Å². The molecular weight excluding hydrogens is 480 g/mol. The van der Waals surface area contributed by atoms with Crippen LogP contribution in [0.3, 0.4) is 0 Å².